The number of amides is 1. The predicted molar refractivity (Wildman–Crippen MR) is 127 cm³/mol. The first kappa shape index (κ1) is 21.1. The highest BCUT2D eigenvalue weighted by atomic mass is 16.5. The Balaban J connectivity index is 1.42. The van der Waals surface area contributed by atoms with Crippen LogP contribution < -0.4 is 15.4 Å². The second kappa shape index (κ2) is 9.75. The van der Waals surface area contributed by atoms with Crippen LogP contribution >= 0.6 is 0 Å². The first-order chi connectivity index (χ1) is 15.6. The molecule has 0 aliphatic rings. The van der Waals surface area contributed by atoms with Gasteiger partial charge in [0.2, 0.25) is 0 Å². The molecule has 0 bridgehead atoms. The van der Waals surface area contributed by atoms with E-state index >= 15 is 0 Å². The first-order valence-corrected chi connectivity index (χ1v) is 10.4. The van der Waals surface area contributed by atoms with Gasteiger partial charge in [-0.25, -0.2) is 0 Å². The molecule has 0 saturated heterocycles. The lowest BCUT2D eigenvalue weighted by Crippen LogP contribution is -2.11. The molecular weight excluding hydrogens is 400 g/mol. The van der Waals surface area contributed by atoms with Crippen LogP contribution in [0.4, 0.5) is 17.1 Å². The van der Waals surface area contributed by atoms with E-state index in [1.54, 1.807) is 42.7 Å². The summed E-state index contributed by atoms with van der Waals surface area (Å²) in [6.45, 7) is 4.15. The summed E-state index contributed by atoms with van der Waals surface area (Å²) in [6.07, 6.45) is 6.02. The lowest BCUT2D eigenvalue weighted by Gasteiger charge is -2.12. The number of anilines is 3. The number of carbonyl (C=O) groups excluding carboxylic acids is 1. The van der Waals surface area contributed by atoms with E-state index in [9.17, 15) is 4.79 Å². The number of nitrogens with one attached hydrogen (secondary N) is 2. The Hall–Kier alpha value is -4.19. The molecule has 6 heteroatoms. The zero-order valence-corrected chi connectivity index (χ0v) is 18.0. The van der Waals surface area contributed by atoms with Gasteiger partial charge in [0.1, 0.15) is 11.5 Å². The Morgan fingerprint density at radius 3 is 2.44 bits per heavy atom. The first-order valence-electron chi connectivity index (χ1n) is 10.4. The molecule has 0 aliphatic heterocycles. The highest BCUT2D eigenvalue weighted by Crippen LogP contribution is 2.25. The third-order valence-corrected chi connectivity index (χ3v) is 5.05. The third kappa shape index (κ3) is 5.10. The van der Waals surface area contributed by atoms with E-state index in [0.717, 1.165) is 29.1 Å². The second-order valence-corrected chi connectivity index (χ2v) is 7.25. The Kier molecular flexibility index (Phi) is 6.41. The van der Waals surface area contributed by atoms with Crippen LogP contribution in [0.1, 0.15) is 28.5 Å². The van der Waals surface area contributed by atoms with Crippen molar-refractivity contribution in [2.45, 2.75) is 20.3 Å². The maximum atomic E-state index is 12.7. The topological polar surface area (TPSA) is 76.1 Å². The van der Waals surface area contributed by atoms with Crippen molar-refractivity contribution in [2.24, 2.45) is 0 Å². The minimum absolute atomic E-state index is 0.189. The largest absolute Gasteiger partial charge is 0.457 e. The number of aromatic nitrogens is 2. The monoisotopic (exact) mass is 424 g/mol. The van der Waals surface area contributed by atoms with Crippen molar-refractivity contribution >= 4 is 23.0 Å². The van der Waals surface area contributed by atoms with Crippen molar-refractivity contribution in [3.63, 3.8) is 0 Å². The molecule has 2 heterocycles. The van der Waals surface area contributed by atoms with E-state index < -0.39 is 0 Å². The van der Waals surface area contributed by atoms with E-state index in [1.807, 2.05) is 42.6 Å². The molecule has 2 aromatic carbocycles. The predicted octanol–water partition coefficient (Wildman–Crippen LogP) is 6.14. The van der Waals surface area contributed by atoms with Gasteiger partial charge in [0.15, 0.2) is 0 Å². The molecule has 2 N–H and O–H groups in total. The van der Waals surface area contributed by atoms with E-state index in [4.69, 9.17) is 4.74 Å². The Morgan fingerprint density at radius 1 is 0.906 bits per heavy atom. The van der Waals surface area contributed by atoms with Gasteiger partial charge in [0, 0.05) is 53.0 Å². The van der Waals surface area contributed by atoms with Crippen LogP contribution in [0, 0.1) is 6.92 Å². The maximum absolute atomic E-state index is 12.7. The van der Waals surface area contributed by atoms with Gasteiger partial charge in [-0.3, -0.25) is 14.8 Å². The molecular formula is C26H24N4O2. The second-order valence-electron chi connectivity index (χ2n) is 7.25. The van der Waals surface area contributed by atoms with Crippen molar-refractivity contribution in [3.05, 3.63) is 102 Å². The molecule has 2 aromatic heterocycles. The number of carbonyl (C=O) groups is 1. The summed E-state index contributed by atoms with van der Waals surface area (Å²) in [5.41, 5.74) is 5.34. The number of aryl methyl sites for hydroxylation is 1. The average Bonchev–Trinajstić information content (AvgIpc) is 2.82. The molecule has 160 valence electrons. The van der Waals surface area contributed by atoms with Crippen molar-refractivity contribution in [2.75, 3.05) is 10.6 Å². The molecule has 4 rings (SSSR count). The van der Waals surface area contributed by atoms with Gasteiger partial charge in [0.05, 0.1) is 0 Å². The number of ether oxygens (including phenoxy) is 1. The van der Waals surface area contributed by atoms with Crippen molar-refractivity contribution in [3.8, 4) is 11.5 Å². The molecule has 0 saturated carbocycles. The number of hydrogen-bond donors (Lipinski definition) is 2. The molecule has 32 heavy (non-hydrogen) atoms. The summed E-state index contributed by atoms with van der Waals surface area (Å²) in [5.74, 6) is 1.13. The van der Waals surface area contributed by atoms with E-state index in [2.05, 4.69) is 34.4 Å². The molecule has 0 atom stereocenters. The normalized spacial score (nSPS) is 10.4. The molecule has 4 aromatic rings. The van der Waals surface area contributed by atoms with Gasteiger partial charge in [-0.15, -0.1) is 0 Å². The summed E-state index contributed by atoms with van der Waals surface area (Å²) in [7, 11) is 0. The molecule has 0 unspecified atom stereocenters. The summed E-state index contributed by atoms with van der Waals surface area (Å²) in [6, 6.07) is 20.2. The molecule has 0 radical (unpaired) electrons. The number of rotatable bonds is 7. The smallest absolute Gasteiger partial charge is 0.255 e. The molecule has 1 amide bonds. The van der Waals surface area contributed by atoms with Crippen LogP contribution in [0.2, 0.25) is 0 Å². The van der Waals surface area contributed by atoms with Crippen LogP contribution in [0.5, 0.6) is 11.5 Å². The quantitative estimate of drug-likeness (QED) is 0.373. The summed E-state index contributed by atoms with van der Waals surface area (Å²) < 4.78 is 5.80. The Morgan fingerprint density at radius 2 is 1.69 bits per heavy atom. The fourth-order valence-electron chi connectivity index (χ4n) is 3.31. The third-order valence-electron chi connectivity index (χ3n) is 5.05. The zero-order valence-electron chi connectivity index (χ0n) is 18.0. The molecule has 0 fully saturated rings. The highest BCUT2D eigenvalue weighted by molar-refractivity contribution is 6.04. The minimum Gasteiger partial charge on any atom is -0.457 e. The molecule has 0 spiro atoms. The van der Waals surface area contributed by atoms with Gasteiger partial charge in [-0.05, 0) is 73.5 Å². The van der Waals surface area contributed by atoms with E-state index in [0.29, 0.717) is 22.7 Å². The number of pyridine rings is 2. The van der Waals surface area contributed by atoms with Crippen LogP contribution in [0.3, 0.4) is 0 Å². The van der Waals surface area contributed by atoms with Crippen LogP contribution in [-0.4, -0.2) is 15.9 Å². The van der Waals surface area contributed by atoms with Crippen molar-refractivity contribution < 1.29 is 9.53 Å². The SMILES string of the molecule is CCc1nccc(Nc2ccc(C(=O)Nc3cccc(Oc4ccncc4)c3)cc2)c1C. The van der Waals surface area contributed by atoms with Gasteiger partial charge < -0.3 is 15.4 Å². The summed E-state index contributed by atoms with van der Waals surface area (Å²) in [5, 5.41) is 6.32. The lowest BCUT2D eigenvalue weighted by atomic mass is 10.1. The van der Waals surface area contributed by atoms with Gasteiger partial charge in [0.25, 0.3) is 5.91 Å². The van der Waals surface area contributed by atoms with Gasteiger partial charge in [-0.2, -0.15) is 0 Å². The van der Waals surface area contributed by atoms with Crippen molar-refractivity contribution in [1.29, 1.82) is 0 Å². The minimum atomic E-state index is -0.189. The standard InChI is InChI=1S/C26H24N4O2/c1-3-24-18(2)25(13-16-28-24)29-20-9-7-19(8-10-20)26(31)30-21-5-4-6-23(17-21)32-22-11-14-27-15-12-22/h4-17H,3H2,1-2H3,(H,28,29)(H,30,31). The maximum Gasteiger partial charge on any atom is 0.255 e. The number of hydrogen-bond acceptors (Lipinski definition) is 5. The molecule has 6 nitrogen and oxygen atoms in total. The fourth-order valence-corrected chi connectivity index (χ4v) is 3.31. The summed E-state index contributed by atoms with van der Waals surface area (Å²) in [4.78, 5) is 21.1. The van der Waals surface area contributed by atoms with Crippen molar-refractivity contribution in [1.82, 2.24) is 9.97 Å². The lowest BCUT2D eigenvalue weighted by molar-refractivity contribution is 0.102. The Labute approximate surface area is 187 Å². The number of nitrogens with zero attached hydrogens (tertiary/aromatic N) is 2. The summed E-state index contributed by atoms with van der Waals surface area (Å²) >= 11 is 0. The molecule has 0 aliphatic carbocycles. The van der Waals surface area contributed by atoms with E-state index in [1.165, 1.54) is 0 Å². The fraction of sp³-hybridized carbons (Fsp3) is 0.115. The van der Waals surface area contributed by atoms with Crippen LogP contribution in [0.25, 0.3) is 0 Å². The average molecular weight is 425 g/mol. The van der Waals surface area contributed by atoms with E-state index in [-0.39, 0.29) is 5.91 Å². The van der Waals surface area contributed by atoms with Crippen LogP contribution in [0.15, 0.2) is 85.3 Å². The number of benzene rings is 2. The zero-order chi connectivity index (χ0) is 22.3. The van der Waals surface area contributed by atoms with Gasteiger partial charge >= 0.3 is 0 Å². The van der Waals surface area contributed by atoms with Gasteiger partial charge in [-0.1, -0.05) is 13.0 Å². The highest BCUT2D eigenvalue weighted by Gasteiger charge is 2.09. The Bertz CT molecular complexity index is 1210. The van der Waals surface area contributed by atoms with Crippen LogP contribution in [-0.2, 0) is 6.42 Å².